The zero-order valence-electron chi connectivity index (χ0n) is 33.6. The number of likely N-dealkylation sites (tertiary alicyclic amines) is 1. The summed E-state index contributed by atoms with van der Waals surface area (Å²) >= 11 is 1.38. The average Bonchev–Trinajstić information content (AvgIpc) is 3.55. The topological polar surface area (TPSA) is 170 Å². The quantitative estimate of drug-likeness (QED) is 0.0664. The number of benzene rings is 1. The molecule has 4 unspecified atom stereocenters. The van der Waals surface area contributed by atoms with Crippen molar-refractivity contribution in [1.29, 1.82) is 0 Å². The smallest absolute Gasteiger partial charge is 0.407 e. The second kappa shape index (κ2) is 23.9. The summed E-state index contributed by atoms with van der Waals surface area (Å²) in [6.45, 7) is 8.08. The van der Waals surface area contributed by atoms with Crippen molar-refractivity contribution < 1.29 is 29.0 Å². The summed E-state index contributed by atoms with van der Waals surface area (Å²) < 4.78 is 7.50. The number of carbonyl (C=O) groups is 4. The summed E-state index contributed by atoms with van der Waals surface area (Å²) in [4.78, 5) is 65.2. The number of hydrogen-bond donors (Lipinski definition) is 5. The molecule has 1 saturated heterocycles. The number of pyridine rings is 1. The van der Waals surface area contributed by atoms with Gasteiger partial charge in [0.15, 0.2) is 0 Å². The number of H-pyrrole nitrogens is 1. The molecule has 2 aromatic rings. The van der Waals surface area contributed by atoms with Crippen LogP contribution in [0.3, 0.4) is 0 Å². The van der Waals surface area contributed by atoms with Crippen molar-refractivity contribution in [2.24, 2.45) is 11.8 Å². The van der Waals surface area contributed by atoms with Gasteiger partial charge < -0.3 is 30.4 Å². The number of aromatic amines is 1. The number of para-hydroxylation sites is 1. The molecule has 6 rings (SSSR count). The molecule has 4 aliphatic rings. The van der Waals surface area contributed by atoms with Crippen LogP contribution in [0.5, 0.6) is 5.75 Å². The highest BCUT2D eigenvalue weighted by Crippen LogP contribution is 2.35. The minimum absolute atomic E-state index is 0.148. The van der Waals surface area contributed by atoms with Crippen LogP contribution in [0.25, 0.3) is 10.9 Å². The molecule has 1 aromatic heterocycles. The summed E-state index contributed by atoms with van der Waals surface area (Å²) in [5.41, 5.74) is 1.09. The number of alkyl carbamates (subject to hydrolysis) is 1. The Hall–Kier alpha value is -4.00. The molecule has 310 valence electrons. The number of nitrogens with zero attached hydrogens (tertiary/aromatic N) is 1. The minimum atomic E-state index is -0.730. The average molecular weight is 796 g/mol. The first-order chi connectivity index (χ1) is 27.1. The molecule has 4 atom stereocenters. The third-order valence-corrected chi connectivity index (χ3v) is 12.3. The van der Waals surface area contributed by atoms with Gasteiger partial charge in [0.1, 0.15) is 24.4 Å². The highest BCUT2D eigenvalue weighted by atomic mass is 32.2. The predicted molar refractivity (Wildman–Crippen MR) is 223 cm³/mol. The zero-order valence-corrected chi connectivity index (χ0v) is 34.4. The van der Waals surface area contributed by atoms with E-state index in [1.54, 1.807) is 13.0 Å². The number of aromatic nitrogens is 1. The molecule has 12 nitrogen and oxygen atoms in total. The number of unbranched alkanes of at least 4 members (excludes halogenated alkanes) is 2. The molecule has 56 heavy (non-hydrogen) atoms. The lowest BCUT2D eigenvalue weighted by atomic mass is 9.92. The van der Waals surface area contributed by atoms with Gasteiger partial charge >= 0.3 is 6.09 Å². The summed E-state index contributed by atoms with van der Waals surface area (Å²) in [7, 11) is 0. The number of aromatic hydroxyl groups is 1. The third-order valence-electron chi connectivity index (χ3n) is 11.2. The lowest BCUT2D eigenvalue weighted by Crippen LogP contribution is -2.53. The van der Waals surface area contributed by atoms with Crippen LogP contribution in [-0.2, 0) is 25.5 Å². The Bertz CT molecular complexity index is 1630. The van der Waals surface area contributed by atoms with Crippen LogP contribution in [0.2, 0.25) is 0 Å². The van der Waals surface area contributed by atoms with Gasteiger partial charge in [0.25, 0.3) is 11.5 Å². The fraction of sp³-hybridized carbons (Fsp3) is 0.651. The number of hydrogen-bond acceptors (Lipinski definition) is 8. The van der Waals surface area contributed by atoms with E-state index in [9.17, 15) is 29.1 Å². The first-order valence-electron chi connectivity index (χ1n) is 21.0. The van der Waals surface area contributed by atoms with Crippen LogP contribution in [0, 0.1) is 11.8 Å². The highest BCUT2D eigenvalue weighted by molar-refractivity contribution is 7.98. The van der Waals surface area contributed by atoms with Gasteiger partial charge in [-0.25, -0.2) is 4.79 Å². The van der Waals surface area contributed by atoms with Crippen molar-refractivity contribution in [2.45, 2.75) is 147 Å². The van der Waals surface area contributed by atoms with E-state index in [2.05, 4.69) is 33.8 Å². The number of carbonyl (C=O) groups excluding carboxylic acids is 4. The Kier molecular flexibility index (Phi) is 19.1. The van der Waals surface area contributed by atoms with Crippen LogP contribution < -0.4 is 20.9 Å². The Labute approximate surface area is 336 Å². The van der Waals surface area contributed by atoms with E-state index >= 15 is 0 Å². The number of ether oxygens (including phenoxy) is 1. The third kappa shape index (κ3) is 14.5. The maximum Gasteiger partial charge on any atom is 0.407 e. The Morgan fingerprint density at radius 2 is 1.73 bits per heavy atom. The number of fused-ring (bicyclic) bond motifs is 1. The van der Waals surface area contributed by atoms with Crippen molar-refractivity contribution in [3.05, 3.63) is 52.8 Å². The van der Waals surface area contributed by atoms with Gasteiger partial charge in [-0.2, -0.15) is 0 Å². The van der Waals surface area contributed by atoms with Crippen molar-refractivity contribution >= 4 is 46.7 Å². The van der Waals surface area contributed by atoms with E-state index in [4.69, 9.17) is 4.74 Å². The molecule has 1 aromatic carbocycles. The minimum Gasteiger partial charge on any atom is -0.507 e. The van der Waals surface area contributed by atoms with E-state index in [-0.39, 0.29) is 42.2 Å². The van der Waals surface area contributed by atoms with E-state index in [1.165, 1.54) is 81.1 Å². The number of rotatable bonds is 16. The standard InChI is InChI=1S/C20H27NO2.C18H28N4O5S.C5H10/c1-14-8-7-10-15(14)9-3-2-4-12-17-19(22)16-11-5-6-13-18(16)21-20(17)23;1-3-6-13(16(24)21-28-12-8-9-12)20-17(25)14-7-5-10-22(14)15(23)11-19-18(26)27-4-2;1-2-4-5-3-1/h5-6,11,13-15H,2-4,7-10,12H2,1H3,(H2,21,22,23);3,12-14H,1,4-11H2,2H3,(H,19,26)(H,20,25)(H,21,24);1-5H2. The van der Waals surface area contributed by atoms with Crippen molar-refractivity contribution in [2.75, 3.05) is 19.7 Å². The van der Waals surface area contributed by atoms with Crippen LogP contribution in [0.1, 0.15) is 129 Å². The van der Waals surface area contributed by atoms with Gasteiger partial charge in [-0.1, -0.05) is 95.8 Å². The highest BCUT2D eigenvalue weighted by Gasteiger charge is 2.36. The van der Waals surface area contributed by atoms with Gasteiger partial charge in [-0.15, -0.1) is 6.58 Å². The fourth-order valence-corrected chi connectivity index (χ4v) is 8.55. The molecule has 3 aliphatic carbocycles. The zero-order chi connectivity index (χ0) is 40.3. The fourth-order valence-electron chi connectivity index (χ4n) is 7.75. The molecule has 2 heterocycles. The Morgan fingerprint density at radius 1 is 1.00 bits per heavy atom. The van der Waals surface area contributed by atoms with Gasteiger partial charge in [-0.3, -0.25) is 23.9 Å². The molecule has 0 radical (unpaired) electrons. The molecule has 1 aliphatic heterocycles. The van der Waals surface area contributed by atoms with E-state index in [0.29, 0.717) is 48.6 Å². The van der Waals surface area contributed by atoms with Gasteiger partial charge in [-0.05, 0) is 87.8 Å². The summed E-state index contributed by atoms with van der Waals surface area (Å²) in [6, 6.07) is 6.03. The van der Waals surface area contributed by atoms with Crippen molar-refractivity contribution in [1.82, 2.24) is 25.2 Å². The second-order valence-electron chi connectivity index (χ2n) is 15.6. The van der Waals surface area contributed by atoms with E-state index < -0.39 is 18.2 Å². The number of amides is 4. The van der Waals surface area contributed by atoms with Crippen LogP contribution in [0.4, 0.5) is 4.79 Å². The van der Waals surface area contributed by atoms with Crippen molar-refractivity contribution in [3.8, 4) is 5.75 Å². The first kappa shape index (κ1) is 44.7. The Morgan fingerprint density at radius 3 is 2.39 bits per heavy atom. The van der Waals surface area contributed by atoms with Gasteiger partial charge in [0.2, 0.25) is 11.8 Å². The maximum atomic E-state index is 12.7. The molecule has 13 heteroatoms. The van der Waals surface area contributed by atoms with Gasteiger partial charge in [0, 0.05) is 17.2 Å². The molecule has 5 N–H and O–H groups in total. The van der Waals surface area contributed by atoms with Crippen LogP contribution >= 0.6 is 11.9 Å². The molecule has 0 bridgehead atoms. The molecule has 4 amide bonds. The summed E-state index contributed by atoms with van der Waals surface area (Å²) in [5.74, 6) is 0.953. The largest absolute Gasteiger partial charge is 0.507 e. The van der Waals surface area contributed by atoms with E-state index in [0.717, 1.165) is 42.9 Å². The molecule has 4 fully saturated rings. The lowest BCUT2D eigenvalue weighted by Gasteiger charge is -2.26. The molecule has 0 spiro atoms. The van der Waals surface area contributed by atoms with Crippen LogP contribution in [0.15, 0.2) is 41.7 Å². The predicted octanol–water partition coefficient (Wildman–Crippen LogP) is 7.43. The normalized spacial score (nSPS) is 20.5. The second-order valence-corrected chi connectivity index (χ2v) is 16.7. The molecular weight excluding hydrogens is 731 g/mol. The first-order valence-corrected chi connectivity index (χ1v) is 21.9. The van der Waals surface area contributed by atoms with Crippen LogP contribution in [-0.4, -0.2) is 75.8 Å². The number of nitrogens with one attached hydrogen (secondary N) is 4. The lowest BCUT2D eigenvalue weighted by molar-refractivity contribution is -0.138. The molecule has 3 saturated carbocycles. The van der Waals surface area contributed by atoms with Crippen molar-refractivity contribution in [3.63, 3.8) is 0 Å². The SMILES string of the molecule is C1CCCC1.C=CCC(NC(=O)C1CCCN1C(=O)CNC(=O)OCC)C(=O)NSC1CC1.CC1CCCC1CCCCCc1c(O)c2ccccc2[nH]c1=O. The Balaban J connectivity index is 0.000000223. The monoisotopic (exact) mass is 795 g/mol. The van der Waals surface area contributed by atoms with E-state index in [1.807, 2.05) is 24.3 Å². The maximum absolute atomic E-state index is 12.7. The molecular formula is C43H65N5O7S. The summed E-state index contributed by atoms with van der Waals surface area (Å²) in [6.07, 6.45) is 21.6. The summed E-state index contributed by atoms with van der Waals surface area (Å²) in [5, 5.41) is 16.7. The van der Waals surface area contributed by atoms with Gasteiger partial charge in [0.05, 0.1) is 17.7 Å².